The maximum Gasteiger partial charge on any atom is 0.360 e. The lowest BCUT2D eigenvalue weighted by Gasteiger charge is -2.03. The molecular formula is C12H14N4O4. The molecule has 106 valence electrons. The first-order valence-electron chi connectivity index (χ1n) is 5.92. The molecule has 0 aliphatic rings. The second-order valence-corrected chi connectivity index (χ2v) is 4.05. The highest BCUT2D eigenvalue weighted by Crippen LogP contribution is 2.07. The predicted octanol–water partition coefficient (Wildman–Crippen LogP) is 0.396. The summed E-state index contributed by atoms with van der Waals surface area (Å²) in [7, 11) is 1.27. The highest BCUT2D eigenvalue weighted by molar-refractivity contribution is 5.92. The first-order valence-corrected chi connectivity index (χ1v) is 5.92. The molecule has 0 aliphatic heterocycles. The fraction of sp³-hybridized carbons (Fsp3) is 0.333. The van der Waals surface area contributed by atoms with E-state index in [4.69, 9.17) is 4.42 Å². The molecule has 0 bridgehead atoms. The number of furan rings is 1. The topological polar surface area (TPSA) is 99.2 Å². The van der Waals surface area contributed by atoms with Crippen LogP contribution < -0.4 is 5.32 Å². The van der Waals surface area contributed by atoms with Gasteiger partial charge in [0.05, 0.1) is 26.1 Å². The van der Waals surface area contributed by atoms with Gasteiger partial charge in [-0.25, -0.2) is 9.48 Å². The third-order valence-electron chi connectivity index (χ3n) is 2.63. The molecule has 0 saturated carbocycles. The Hall–Kier alpha value is -2.64. The first kappa shape index (κ1) is 13.8. The summed E-state index contributed by atoms with van der Waals surface area (Å²) in [5, 5.41) is 10.1. The van der Waals surface area contributed by atoms with E-state index in [1.54, 1.807) is 13.0 Å². The van der Waals surface area contributed by atoms with Crippen LogP contribution in [0.25, 0.3) is 0 Å². The van der Waals surface area contributed by atoms with Crippen LogP contribution in [0.1, 0.15) is 26.6 Å². The predicted molar refractivity (Wildman–Crippen MR) is 67.1 cm³/mol. The summed E-state index contributed by atoms with van der Waals surface area (Å²) in [6.07, 6.45) is 2.92. The van der Waals surface area contributed by atoms with Gasteiger partial charge in [-0.3, -0.25) is 4.79 Å². The van der Waals surface area contributed by atoms with Crippen LogP contribution in [-0.2, 0) is 11.3 Å². The number of nitrogens with zero attached hydrogens (tertiary/aromatic N) is 3. The van der Waals surface area contributed by atoms with Gasteiger partial charge in [0.1, 0.15) is 0 Å². The highest BCUT2D eigenvalue weighted by Gasteiger charge is 2.13. The Morgan fingerprint density at radius 3 is 2.95 bits per heavy atom. The van der Waals surface area contributed by atoms with Gasteiger partial charge in [0.2, 0.25) is 0 Å². The van der Waals surface area contributed by atoms with Crippen LogP contribution in [-0.4, -0.2) is 40.5 Å². The molecular weight excluding hydrogens is 264 g/mol. The number of nitrogens with one attached hydrogen (secondary N) is 1. The molecule has 0 aliphatic carbocycles. The minimum Gasteiger partial charge on any atom is -0.464 e. The lowest BCUT2D eigenvalue weighted by molar-refractivity contribution is 0.0593. The Balaban J connectivity index is 1.84. The molecule has 0 atom stereocenters. The van der Waals surface area contributed by atoms with E-state index >= 15 is 0 Å². The summed E-state index contributed by atoms with van der Waals surface area (Å²) in [6, 6.07) is 1.72. The number of carbonyl (C=O) groups is 2. The number of aryl methyl sites for hydroxylation is 1. The van der Waals surface area contributed by atoms with Crippen molar-refractivity contribution < 1.29 is 18.7 Å². The number of esters is 1. The molecule has 0 saturated heterocycles. The normalized spacial score (nSPS) is 10.3. The van der Waals surface area contributed by atoms with E-state index in [2.05, 4.69) is 20.4 Å². The second kappa shape index (κ2) is 6.00. The zero-order chi connectivity index (χ0) is 14.5. The lowest BCUT2D eigenvalue weighted by Crippen LogP contribution is -2.27. The largest absolute Gasteiger partial charge is 0.464 e. The van der Waals surface area contributed by atoms with Crippen molar-refractivity contribution in [2.75, 3.05) is 13.7 Å². The third-order valence-corrected chi connectivity index (χ3v) is 2.63. The van der Waals surface area contributed by atoms with Crippen LogP contribution in [0.15, 0.2) is 22.9 Å². The third kappa shape index (κ3) is 3.02. The number of hydrogen-bond donors (Lipinski definition) is 1. The van der Waals surface area contributed by atoms with Crippen LogP contribution >= 0.6 is 0 Å². The standard InChI is InChI=1S/C12H14N4O4/c1-8-3-6-20-10(8)11(17)13-4-5-16-7-9(14-15-16)12(18)19-2/h3,6-7H,4-5H2,1-2H3,(H,13,17). The maximum absolute atomic E-state index is 11.8. The van der Waals surface area contributed by atoms with Gasteiger partial charge >= 0.3 is 5.97 Å². The fourth-order valence-electron chi connectivity index (χ4n) is 1.58. The Kier molecular flexibility index (Phi) is 4.14. The molecule has 1 amide bonds. The Morgan fingerprint density at radius 1 is 1.50 bits per heavy atom. The maximum atomic E-state index is 11.8. The van der Waals surface area contributed by atoms with E-state index in [0.29, 0.717) is 18.8 Å². The van der Waals surface area contributed by atoms with E-state index < -0.39 is 5.97 Å². The Labute approximate surface area is 114 Å². The van der Waals surface area contributed by atoms with Crippen molar-refractivity contribution in [2.45, 2.75) is 13.5 Å². The average molecular weight is 278 g/mol. The van der Waals surface area contributed by atoms with Crippen molar-refractivity contribution in [3.8, 4) is 0 Å². The number of amides is 1. The number of hydrogen-bond acceptors (Lipinski definition) is 6. The van der Waals surface area contributed by atoms with Crippen molar-refractivity contribution in [2.24, 2.45) is 0 Å². The number of aromatic nitrogens is 3. The zero-order valence-corrected chi connectivity index (χ0v) is 11.1. The van der Waals surface area contributed by atoms with Gasteiger partial charge in [-0.2, -0.15) is 0 Å². The van der Waals surface area contributed by atoms with Gasteiger partial charge in [-0.05, 0) is 13.0 Å². The number of rotatable bonds is 5. The molecule has 2 rings (SSSR count). The van der Waals surface area contributed by atoms with Crippen LogP contribution in [0.5, 0.6) is 0 Å². The summed E-state index contributed by atoms with van der Waals surface area (Å²) in [5.74, 6) is -0.550. The van der Waals surface area contributed by atoms with Gasteiger partial charge in [0.25, 0.3) is 5.91 Å². The van der Waals surface area contributed by atoms with Gasteiger partial charge in [0.15, 0.2) is 11.5 Å². The van der Waals surface area contributed by atoms with Gasteiger partial charge < -0.3 is 14.5 Å². The zero-order valence-electron chi connectivity index (χ0n) is 11.1. The molecule has 0 unspecified atom stereocenters. The molecule has 0 aromatic carbocycles. The summed E-state index contributed by atoms with van der Waals surface area (Å²) < 4.78 is 11.0. The quantitative estimate of drug-likeness (QED) is 0.794. The van der Waals surface area contributed by atoms with E-state index in [1.165, 1.54) is 24.3 Å². The molecule has 0 fully saturated rings. The van der Waals surface area contributed by atoms with E-state index in [9.17, 15) is 9.59 Å². The Morgan fingerprint density at radius 2 is 2.30 bits per heavy atom. The lowest BCUT2D eigenvalue weighted by atomic mass is 10.3. The van der Waals surface area contributed by atoms with Crippen molar-refractivity contribution in [3.05, 3.63) is 35.5 Å². The van der Waals surface area contributed by atoms with E-state index in [0.717, 1.165) is 5.56 Å². The number of ether oxygens (including phenoxy) is 1. The van der Waals surface area contributed by atoms with Crippen molar-refractivity contribution in [3.63, 3.8) is 0 Å². The molecule has 2 aromatic heterocycles. The summed E-state index contributed by atoms with van der Waals surface area (Å²) in [6.45, 7) is 2.51. The Bertz CT molecular complexity index is 617. The monoisotopic (exact) mass is 278 g/mol. The summed E-state index contributed by atoms with van der Waals surface area (Å²) in [5.41, 5.74) is 0.900. The summed E-state index contributed by atoms with van der Waals surface area (Å²) >= 11 is 0. The van der Waals surface area contributed by atoms with Crippen LogP contribution in [0.4, 0.5) is 0 Å². The fourth-order valence-corrected chi connectivity index (χ4v) is 1.58. The van der Waals surface area contributed by atoms with Crippen molar-refractivity contribution >= 4 is 11.9 Å². The second-order valence-electron chi connectivity index (χ2n) is 4.05. The van der Waals surface area contributed by atoms with Crippen LogP contribution in [0.2, 0.25) is 0 Å². The van der Waals surface area contributed by atoms with Gasteiger partial charge in [0, 0.05) is 12.1 Å². The molecule has 2 aromatic rings. The number of methoxy groups -OCH3 is 1. The molecule has 2 heterocycles. The van der Waals surface area contributed by atoms with Gasteiger partial charge in [-0.1, -0.05) is 5.21 Å². The SMILES string of the molecule is COC(=O)c1cn(CCNC(=O)c2occc2C)nn1. The number of carbonyl (C=O) groups excluding carboxylic acids is 2. The molecule has 1 N–H and O–H groups in total. The minimum atomic E-state index is -0.550. The van der Waals surface area contributed by atoms with E-state index in [1.807, 2.05) is 0 Å². The summed E-state index contributed by atoms with van der Waals surface area (Å²) in [4.78, 5) is 22.9. The smallest absolute Gasteiger partial charge is 0.360 e. The molecule has 0 radical (unpaired) electrons. The molecule has 20 heavy (non-hydrogen) atoms. The minimum absolute atomic E-state index is 0.126. The highest BCUT2D eigenvalue weighted by atomic mass is 16.5. The van der Waals surface area contributed by atoms with Crippen LogP contribution in [0.3, 0.4) is 0 Å². The molecule has 8 heteroatoms. The first-order chi connectivity index (χ1) is 9.61. The average Bonchev–Trinajstić information content (AvgIpc) is 3.06. The van der Waals surface area contributed by atoms with E-state index in [-0.39, 0.29) is 11.6 Å². The molecule has 0 spiro atoms. The van der Waals surface area contributed by atoms with Crippen molar-refractivity contribution in [1.29, 1.82) is 0 Å². The van der Waals surface area contributed by atoms with Crippen molar-refractivity contribution in [1.82, 2.24) is 20.3 Å². The van der Waals surface area contributed by atoms with Crippen LogP contribution in [0, 0.1) is 6.92 Å². The van der Waals surface area contributed by atoms with Gasteiger partial charge in [-0.15, -0.1) is 5.10 Å². The molecule has 8 nitrogen and oxygen atoms in total.